The first-order valence-corrected chi connectivity index (χ1v) is 5.39. The van der Waals surface area contributed by atoms with Gasteiger partial charge in [0.2, 0.25) is 5.91 Å². The smallest absolute Gasteiger partial charge is 0.325 e. The molecule has 0 aromatic heterocycles. The number of ether oxygens (including phenoxy) is 1. The highest BCUT2D eigenvalue weighted by Gasteiger charge is 2.12. The third-order valence-corrected chi connectivity index (χ3v) is 2.27. The van der Waals surface area contributed by atoms with E-state index in [0.717, 1.165) is 0 Å². The lowest BCUT2D eigenvalue weighted by atomic mass is 10.2. The Labute approximate surface area is 105 Å². The molecule has 0 aliphatic rings. The van der Waals surface area contributed by atoms with Gasteiger partial charge in [-0.25, -0.2) is 0 Å². The van der Waals surface area contributed by atoms with Gasteiger partial charge in [-0.05, 0) is 19.1 Å². The molecule has 1 aromatic carbocycles. The Morgan fingerprint density at radius 2 is 2.06 bits per heavy atom. The van der Waals surface area contributed by atoms with E-state index in [4.69, 9.17) is 9.84 Å². The van der Waals surface area contributed by atoms with Gasteiger partial charge in [0.25, 0.3) is 0 Å². The van der Waals surface area contributed by atoms with Gasteiger partial charge in [-0.15, -0.1) is 0 Å². The highest BCUT2D eigenvalue weighted by atomic mass is 16.5. The van der Waals surface area contributed by atoms with Crippen molar-refractivity contribution in [1.29, 1.82) is 0 Å². The Hall–Kier alpha value is -2.24. The molecule has 18 heavy (non-hydrogen) atoms. The molecule has 0 heterocycles. The molecule has 1 atom stereocenters. The van der Waals surface area contributed by atoms with Crippen LogP contribution in [-0.2, 0) is 9.59 Å². The van der Waals surface area contributed by atoms with Crippen molar-refractivity contribution < 1.29 is 19.4 Å². The number of methoxy groups -OCH3 is 1. The Kier molecular flexibility index (Phi) is 4.53. The number of carbonyl (C=O) groups is 2. The van der Waals surface area contributed by atoms with Crippen LogP contribution in [-0.4, -0.2) is 30.1 Å². The van der Waals surface area contributed by atoms with Crippen LogP contribution in [0.3, 0.4) is 0 Å². The number of amides is 1. The standard InChI is InChI=1S/C12H16N2O4/c1-7(12(16)17)13-9-4-5-10(14-8(2)15)11(6-9)18-3/h4-7,13H,1-3H3,(H,14,15)(H,16,17). The van der Waals surface area contributed by atoms with E-state index in [0.29, 0.717) is 17.1 Å². The van der Waals surface area contributed by atoms with E-state index in [1.807, 2.05) is 0 Å². The minimum Gasteiger partial charge on any atom is -0.494 e. The van der Waals surface area contributed by atoms with Crippen molar-refractivity contribution in [2.75, 3.05) is 17.7 Å². The van der Waals surface area contributed by atoms with Crippen LogP contribution in [0.5, 0.6) is 5.75 Å². The summed E-state index contributed by atoms with van der Waals surface area (Å²) in [4.78, 5) is 21.7. The molecule has 0 bridgehead atoms. The fourth-order valence-corrected chi connectivity index (χ4v) is 1.39. The molecule has 98 valence electrons. The van der Waals surface area contributed by atoms with E-state index >= 15 is 0 Å². The predicted octanol–water partition coefficient (Wildman–Crippen LogP) is 1.54. The summed E-state index contributed by atoms with van der Waals surface area (Å²) >= 11 is 0. The number of benzene rings is 1. The van der Waals surface area contributed by atoms with Crippen LogP contribution in [0, 0.1) is 0 Å². The van der Waals surface area contributed by atoms with Crippen molar-refractivity contribution in [3.05, 3.63) is 18.2 Å². The maximum Gasteiger partial charge on any atom is 0.325 e. The molecule has 0 radical (unpaired) electrons. The molecule has 1 rings (SSSR count). The zero-order valence-corrected chi connectivity index (χ0v) is 10.5. The van der Waals surface area contributed by atoms with Gasteiger partial charge in [0.15, 0.2) is 0 Å². The highest BCUT2D eigenvalue weighted by Crippen LogP contribution is 2.28. The van der Waals surface area contributed by atoms with E-state index < -0.39 is 12.0 Å². The monoisotopic (exact) mass is 252 g/mol. The quantitative estimate of drug-likeness (QED) is 0.739. The van der Waals surface area contributed by atoms with Crippen LogP contribution < -0.4 is 15.4 Å². The normalized spacial score (nSPS) is 11.5. The summed E-state index contributed by atoms with van der Waals surface area (Å²) in [6, 6.07) is 4.25. The topological polar surface area (TPSA) is 87.7 Å². The van der Waals surface area contributed by atoms with Crippen LogP contribution in [0.4, 0.5) is 11.4 Å². The molecule has 0 aliphatic heterocycles. The molecule has 6 nitrogen and oxygen atoms in total. The number of nitrogens with one attached hydrogen (secondary N) is 2. The Bertz CT molecular complexity index is 459. The molecule has 6 heteroatoms. The lowest BCUT2D eigenvalue weighted by Crippen LogP contribution is -2.25. The number of hydrogen-bond donors (Lipinski definition) is 3. The zero-order valence-electron chi connectivity index (χ0n) is 10.5. The summed E-state index contributed by atoms with van der Waals surface area (Å²) in [5.74, 6) is -0.680. The van der Waals surface area contributed by atoms with Crippen molar-refractivity contribution in [3.8, 4) is 5.75 Å². The van der Waals surface area contributed by atoms with Gasteiger partial charge in [-0.1, -0.05) is 0 Å². The molecule has 3 N–H and O–H groups in total. The van der Waals surface area contributed by atoms with E-state index in [9.17, 15) is 9.59 Å². The number of hydrogen-bond acceptors (Lipinski definition) is 4. The fourth-order valence-electron chi connectivity index (χ4n) is 1.39. The fraction of sp³-hybridized carbons (Fsp3) is 0.333. The summed E-state index contributed by atoms with van der Waals surface area (Å²) in [6.07, 6.45) is 0. The Morgan fingerprint density at radius 1 is 1.39 bits per heavy atom. The van der Waals surface area contributed by atoms with Gasteiger partial charge >= 0.3 is 5.97 Å². The van der Waals surface area contributed by atoms with E-state index in [1.54, 1.807) is 18.2 Å². The van der Waals surface area contributed by atoms with Crippen molar-refractivity contribution >= 4 is 23.3 Å². The summed E-state index contributed by atoms with van der Waals surface area (Å²) in [5, 5.41) is 14.2. The second-order valence-corrected chi connectivity index (χ2v) is 3.80. The second-order valence-electron chi connectivity index (χ2n) is 3.80. The van der Waals surface area contributed by atoms with Gasteiger partial charge in [0, 0.05) is 18.7 Å². The van der Waals surface area contributed by atoms with Gasteiger partial charge < -0.3 is 20.5 Å². The second kappa shape index (κ2) is 5.90. The van der Waals surface area contributed by atoms with E-state index in [-0.39, 0.29) is 5.91 Å². The van der Waals surface area contributed by atoms with Crippen LogP contribution in [0.25, 0.3) is 0 Å². The largest absolute Gasteiger partial charge is 0.494 e. The number of carbonyl (C=O) groups excluding carboxylic acids is 1. The van der Waals surface area contributed by atoms with Gasteiger partial charge in [0.05, 0.1) is 12.8 Å². The first-order chi connectivity index (χ1) is 8.43. The third-order valence-electron chi connectivity index (χ3n) is 2.27. The molecule has 1 aromatic rings. The molecule has 1 unspecified atom stereocenters. The van der Waals surface area contributed by atoms with Crippen LogP contribution in [0.2, 0.25) is 0 Å². The average molecular weight is 252 g/mol. The van der Waals surface area contributed by atoms with Gasteiger partial charge in [-0.3, -0.25) is 9.59 Å². The van der Waals surface area contributed by atoms with Crippen molar-refractivity contribution in [1.82, 2.24) is 0 Å². The van der Waals surface area contributed by atoms with Crippen molar-refractivity contribution in [2.24, 2.45) is 0 Å². The number of rotatable bonds is 5. The maximum absolute atomic E-state index is 11.0. The average Bonchev–Trinajstić information content (AvgIpc) is 2.30. The van der Waals surface area contributed by atoms with Crippen LogP contribution in [0.1, 0.15) is 13.8 Å². The van der Waals surface area contributed by atoms with Crippen LogP contribution in [0.15, 0.2) is 18.2 Å². The van der Waals surface area contributed by atoms with Crippen molar-refractivity contribution in [3.63, 3.8) is 0 Å². The van der Waals surface area contributed by atoms with E-state index in [1.165, 1.54) is 21.0 Å². The van der Waals surface area contributed by atoms with E-state index in [2.05, 4.69) is 10.6 Å². The summed E-state index contributed by atoms with van der Waals surface area (Å²) in [5.41, 5.74) is 1.15. The number of aliphatic carboxylic acids is 1. The molecule has 0 saturated heterocycles. The molecular formula is C12H16N2O4. The SMILES string of the molecule is COc1cc(NC(C)C(=O)O)ccc1NC(C)=O. The molecule has 0 fully saturated rings. The number of carboxylic acids is 1. The van der Waals surface area contributed by atoms with Gasteiger partial charge in [-0.2, -0.15) is 0 Å². The summed E-state index contributed by atoms with van der Waals surface area (Å²) in [6.45, 7) is 2.94. The van der Waals surface area contributed by atoms with Gasteiger partial charge in [0.1, 0.15) is 11.8 Å². The predicted molar refractivity (Wildman–Crippen MR) is 68.0 cm³/mol. The maximum atomic E-state index is 11.0. The molecule has 1 amide bonds. The first-order valence-electron chi connectivity index (χ1n) is 5.39. The van der Waals surface area contributed by atoms with Crippen molar-refractivity contribution in [2.45, 2.75) is 19.9 Å². The third kappa shape index (κ3) is 3.65. The molecule has 0 saturated carbocycles. The van der Waals surface area contributed by atoms with Crippen LogP contribution >= 0.6 is 0 Å². The Balaban J connectivity index is 2.91. The minimum atomic E-state index is -0.945. The summed E-state index contributed by atoms with van der Waals surface area (Å²) < 4.78 is 5.13. The molecule has 0 spiro atoms. The molecule has 0 aliphatic carbocycles. The lowest BCUT2D eigenvalue weighted by Gasteiger charge is -2.14. The minimum absolute atomic E-state index is 0.201. The number of carboxylic acid groups (broad SMARTS) is 1. The first kappa shape index (κ1) is 13.8. The zero-order chi connectivity index (χ0) is 13.7. The Morgan fingerprint density at radius 3 is 2.56 bits per heavy atom. The lowest BCUT2D eigenvalue weighted by molar-refractivity contribution is -0.137. The number of anilines is 2. The molecular weight excluding hydrogens is 236 g/mol. The highest BCUT2D eigenvalue weighted by molar-refractivity contribution is 5.91. The summed E-state index contributed by atoms with van der Waals surface area (Å²) in [7, 11) is 1.48.